The molecule has 4 N–H and O–H groups in total. The maximum absolute atomic E-state index is 9.77. The van der Waals surface area contributed by atoms with Gasteiger partial charge in [-0.3, -0.25) is 4.90 Å². The Morgan fingerprint density at radius 3 is 2.50 bits per heavy atom. The van der Waals surface area contributed by atoms with Crippen LogP contribution in [-0.2, 0) is 27.8 Å². The van der Waals surface area contributed by atoms with Crippen molar-refractivity contribution in [3.05, 3.63) is 53.1 Å². The molecule has 2 aliphatic heterocycles. The lowest BCUT2D eigenvalue weighted by Gasteiger charge is -2.59. The van der Waals surface area contributed by atoms with Gasteiger partial charge in [-0.1, -0.05) is 25.0 Å². The highest BCUT2D eigenvalue weighted by molar-refractivity contribution is 5.83. The molecule has 2 heterocycles. The van der Waals surface area contributed by atoms with Gasteiger partial charge >= 0.3 is 11.9 Å². The second-order valence-electron chi connectivity index (χ2n) is 11.1. The smallest absolute Gasteiger partial charge is 0.335 e. The first kappa shape index (κ1) is 28.2. The molecule has 40 heavy (non-hydrogen) atoms. The number of aliphatic hydroxyl groups is 2. The zero-order valence-electron chi connectivity index (χ0n) is 22.6. The summed E-state index contributed by atoms with van der Waals surface area (Å²) >= 11 is 0. The first-order valence-electron chi connectivity index (χ1n) is 13.8. The number of carboxylic acid groups (broad SMARTS) is 2. The van der Waals surface area contributed by atoms with Gasteiger partial charge in [0.05, 0.1) is 7.11 Å². The number of benzene rings is 2. The van der Waals surface area contributed by atoms with Crippen molar-refractivity contribution >= 4 is 11.9 Å². The molecule has 2 bridgehead atoms. The Bertz CT molecular complexity index is 1230. The Kier molecular flexibility index (Phi) is 8.21. The normalized spacial score (nSPS) is 25.9. The van der Waals surface area contributed by atoms with Crippen molar-refractivity contribution in [2.75, 3.05) is 27.0 Å². The van der Waals surface area contributed by atoms with Crippen LogP contribution in [0.1, 0.15) is 48.8 Å². The fourth-order valence-corrected chi connectivity index (χ4v) is 7.11. The average Bonchev–Trinajstić information content (AvgIpc) is 3.44. The summed E-state index contributed by atoms with van der Waals surface area (Å²) in [6, 6.07) is 14.0. The molecule has 10 nitrogen and oxygen atoms in total. The topological polar surface area (TPSA) is 146 Å². The van der Waals surface area contributed by atoms with E-state index in [9.17, 15) is 9.59 Å². The summed E-state index contributed by atoms with van der Waals surface area (Å²) < 4.78 is 16.7. The molecule has 0 radical (unpaired) electrons. The molecule has 2 aromatic rings. The Balaban J connectivity index is 0.000000279. The second-order valence-corrected chi connectivity index (χ2v) is 11.1. The van der Waals surface area contributed by atoms with Gasteiger partial charge in [-0.05, 0) is 85.5 Å². The minimum Gasteiger partial charge on any atom is -0.497 e. The van der Waals surface area contributed by atoms with Crippen molar-refractivity contribution in [1.29, 1.82) is 0 Å². The van der Waals surface area contributed by atoms with Crippen molar-refractivity contribution in [3.63, 3.8) is 0 Å². The maximum Gasteiger partial charge on any atom is 0.335 e. The number of hydrogen-bond donors (Lipinski definition) is 4. The molecule has 2 aromatic carbocycles. The third-order valence-corrected chi connectivity index (χ3v) is 9.09. The van der Waals surface area contributed by atoms with Crippen LogP contribution in [0, 0.1) is 5.92 Å². The molecule has 0 unspecified atom stereocenters. The number of aliphatic carboxylic acids is 2. The number of carbonyl (C=O) groups is 2. The molecule has 0 amide bonds. The van der Waals surface area contributed by atoms with Crippen molar-refractivity contribution < 1.29 is 44.2 Å². The predicted molar refractivity (Wildman–Crippen MR) is 144 cm³/mol. The van der Waals surface area contributed by atoms with Crippen LogP contribution in [0.25, 0.3) is 0 Å². The molecule has 1 saturated heterocycles. The highest BCUT2D eigenvalue weighted by atomic mass is 16.7. The second kappa shape index (κ2) is 11.6. The highest BCUT2D eigenvalue weighted by Crippen LogP contribution is 2.56. The standard InChI is InChI=1S/C26H31NO3.C4H6O6/c1-28-20-7-6-19-15-23-21-4-2-3-10-26(21,22(19)16-20)11-13-27(23)12-9-18-5-8-24-25(14-18)30-17-29-24;5-1(3(7)8)2(6)4(9)10/h5-8,14,16,21,23H,2-4,9-13,15,17H2,1H3;1-2,5-6H,(H,7,8)(H,9,10)/t21-,23+,26+;1-,2-/m01/s1. The van der Waals surface area contributed by atoms with Gasteiger partial charge in [0.25, 0.3) is 0 Å². The van der Waals surface area contributed by atoms with Crippen molar-refractivity contribution in [1.82, 2.24) is 4.90 Å². The molecular weight excluding hydrogens is 518 g/mol. The molecule has 2 fully saturated rings. The molecule has 1 saturated carbocycles. The molecule has 5 atom stereocenters. The number of aliphatic hydroxyl groups excluding tert-OH is 2. The zero-order chi connectivity index (χ0) is 28.4. The van der Waals surface area contributed by atoms with E-state index in [0.717, 1.165) is 36.1 Å². The summed E-state index contributed by atoms with van der Waals surface area (Å²) in [4.78, 5) is 22.3. The average molecular weight is 556 g/mol. The lowest BCUT2D eigenvalue weighted by atomic mass is 9.52. The maximum atomic E-state index is 9.77. The van der Waals surface area contributed by atoms with Crippen molar-refractivity contribution in [3.8, 4) is 17.2 Å². The minimum atomic E-state index is -2.27. The quantitative estimate of drug-likeness (QED) is 0.402. The van der Waals surface area contributed by atoms with Gasteiger partial charge in [-0.2, -0.15) is 0 Å². The first-order chi connectivity index (χ1) is 19.2. The van der Waals surface area contributed by atoms with Crippen LogP contribution in [-0.4, -0.2) is 82.5 Å². The molecule has 0 aromatic heterocycles. The summed E-state index contributed by atoms with van der Waals surface area (Å²) in [5.74, 6) is 0.0540. The highest BCUT2D eigenvalue weighted by Gasteiger charge is 2.53. The van der Waals surface area contributed by atoms with Crippen LogP contribution >= 0.6 is 0 Å². The Hall–Kier alpha value is -3.34. The summed E-state index contributed by atoms with van der Waals surface area (Å²) in [6.45, 7) is 2.69. The third kappa shape index (κ3) is 5.35. The molecule has 4 aliphatic rings. The SMILES string of the molecule is COc1ccc2c(c1)[C@@]13CCCC[C@H]1[C@@H](C2)N(CCc1ccc2c(c1)OCO2)CC3.O=C(O)[C@H](O)[C@@H](O)C(=O)O. The summed E-state index contributed by atoms with van der Waals surface area (Å²) in [5.41, 5.74) is 4.89. The largest absolute Gasteiger partial charge is 0.497 e. The summed E-state index contributed by atoms with van der Waals surface area (Å²) in [7, 11) is 1.79. The van der Waals surface area contributed by atoms with E-state index in [2.05, 4.69) is 41.3 Å². The van der Waals surface area contributed by atoms with Gasteiger partial charge in [0.15, 0.2) is 23.7 Å². The lowest BCUT2D eigenvalue weighted by molar-refractivity contribution is -0.165. The summed E-state index contributed by atoms with van der Waals surface area (Å²) in [6.07, 6.45) is 4.50. The molecule has 216 valence electrons. The van der Waals surface area contributed by atoms with E-state index in [1.807, 2.05) is 0 Å². The van der Waals surface area contributed by atoms with Crippen molar-refractivity contribution in [2.24, 2.45) is 5.92 Å². The van der Waals surface area contributed by atoms with Gasteiger partial charge in [0.2, 0.25) is 6.79 Å². The number of nitrogens with zero attached hydrogens (tertiary/aromatic N) is 1. The Morgan fingerprint density at radius 2 is 1.77 bits per heavy atom. The number of hydrogen-bond acceptors (Lipinski definition) is 8. The van der Waals surface area contributed by atoms with Crippen LogP contribution in [0.5, 0.6) is 17.2 Å². The number of carboxylic acids is 2. The van der Waals surface area contributed by atoms with Crippen LogP contribution in [0.4, 0.5) is 0 Å². The Morgan fingerprint density at radius 1 is 1.02 bits per heavy atom. The first-order valence-corrected chi connectivity index (χ1v) is 13.8. The number of likely N-dealkylation sites (tertiary alicyclic amines) is 1. The monoisotopic (exact) mass is 555 g/mol. The molecular formula is C30H37NO9. The number of fused-ring (bicyclic) bond motifs is 2. The molecule has 10 heteroatoms. The van der Waals surface area contributed by atoms with Gasteiger partial charge in [0, 0.05) is 18.0 Å². The third-order valence-electron chi connectivity index (χ3n) is 9.09. The van der Waals surface area contributed by atoms with Crippen LogP contribution in [0.3, 0.4) is 0 Å². The van der Waals surface area contributed by atoms with E-state index < -0.39 is 24.1 Å². The van der Waals surface area contributed by atoms with Gasteiger partial charge in [-0.25, -0.2) is 9.59 Å². The van der Waals surface area contributed by atoms with Gasteiger partial charge < -0.3 is 34.6 Å². The number of methoxy groups -OCH3 is 1. The van der Waals surface area contributed by atoms with Crippen LogP contribution < -0.4 is 14.2 Å². The van der Waals surface area contributed by atoms with Gasteiger partial charge in [-0.15, -0.1) is 0 Å². The van der Waals surface area contributed by atoms with E-state index in [4.69, 9.17) is 34.6 Å². The van der Waals surface area contributed by atoms with E-state index in [1.165, 1.54) is 50.6 Å². The van der Waals surface area contributed by atoms with Crippen LogP contribution in [0.2, 0.25) is 0 Å². The zero-order valence-corrected chi connectivity index (χ0v) is 22.6. The number of rotatable bonds is 7. The number of ether oxygens (including phenoxy) is 3. The summed E-state index contributed by atoms with van der Waals surface area (Å²) in [5, 5.41) is 32.5. The predicted octanol–water partition coefficient (Wildman–Crippen LogP) is 2.60. The van der Waals surface area contributed by atoms with Crippen LogP contribution in [0.15, 0.2) is 36.4 Å². The van der Waals surface area contributed by atoms with E-state index in [1.54, 1.807) is 18.2 Å². The molecule has 6 rings (SSSR count). The molecule has 2 aliphatic carbocycles. The minimum absolute atomic E-state index is 0.348. The van der Waals surface area contributed by atoms with Gasteiger partial charge in [0.1, 0.15) is 5.75 Å². The van der Waals surface area contributed by atoms with E-state index in [-0.39, 0.29) is 0 Å². The molecule has 0 spiro atoms. The Labute approximate surface area is 233 Å². The number of piperidine rings is 1. The van der Waals surface area contributed by atoms with Crippen molar-refractivity contribution in [2.45, 2.75) is 68.6 Å². The lowest BCUT2D eigenvalue weighted by Crippen LogP contribution is -2.61. The van der Waals surface area contributed by atoms with E-state index in [0.29, 0.717) is 18.2 Å². The van der Waals surface area contributed by atoms with E-state index >= 15 is 0 Å². The fraction of sp³-hybridized carbons (Fsp3) is 0.533. The fourth-order valence-electron chi connectivity index (χ4n) is 7.11.